The number of carbonyl (C=O) groups excluding carboxylic acids is 1. The Morgan fingerprint density at radius 2 is 2.06 bits per heavy atom. The van der Waals surface area contributed by atoms with Gasteiger partial charge in [0, 0.05) is 19.6 Å². The highest BCUT2D eigenvalue weighted by Crippen LogP contribution is 2.19. The van der Waals surface area contributed by atoms with E-state index < -0.39 is 11.4 Å². The molecule has 0 bridgehead atoms. The molecule has 2 amide bonds. The molecule has 0 spiro atoms. The fourth-order valence-corrected chi connectivity index (χ4v) is 1.44. The number of amides is 2. The molecule has 0 rings (SSSR count). The minimum Gasteiger partial charge on any atom is -0.481 e. The lowest BCUT2D eigenvalue weighted by atomic mass is 9.88. The second-order valence-electron chi connectivity index (χ2n) is 4.61. The van der Waals surface area contributed by atoms with Crippen LogP contribution in [-0.4, -0.2) is 41.6 Å². The summed E-state index contributed by atoms with van der Waals surface area (Å²) in [5.41, 5.74) is -0.915. The number of aliphatic carboxylic acids is 1. The zero-order valence-electron chi connectivity index (χ0n) is 11.5. The first-order valence-electron chi connectivity index (χ1n) is 6.28. The van der Waals surface area contributed by atoms with Crippen LogP contribution in [-0.2, 0) is 4.79 Å². The molecule has 1 atom stereocenters. The molecule has 18 heavy (non-hydrogen) atoms. The minimum atomic E-state index is -0.915. The van der Waals surface area contributed by atoms with Crippen LogP contribution in [0.1, 0.15) is 33.6 Å². The molecule has 5 nitrogen and oxygen atoms in total. The number of carboxylic acids is 1. The Morgan fingerprint density at radius 1 is 1.44 bits per heavy atom. The summed E-state index contributed by atoms with van der Waals surface area (Å²) >= 11 is 0. The van der Waals surface area contributed by atoms with E-state index in [1.165, 1.54) is 0 Å². The number of hydrogen-bond donors (Lipinski definition) is 2. The monoisotopic (exact) mass is 256 g/mol. The third-order valence-corrected chi connectivity index (χ3v) is 3.06. The quantitative estimate of drug-likeness (QED) is 0.653. The van der Waals surface area contributed by atoms with E-state index in [-0.39, 0.29) is 12.6 Å². The Hall–Kier alpha value is -1.52. The Bertz CT molecular complexity index is 305. The van der Waals surface area contributed by atoms with Crippen LogP contribution >= 0.6 is 0 Å². The van der Waals surface area contributed by atoms with E-state index in [4.69, 9.17) is 5.11 Å². The van der Waals surface area contributed by atoms with E-state index >= 15 is 0 Å². The second kappa shape index (κ2) is 7.74. The molecule has 0 aliphatic rings. The molecule has 1 unspecified atom stereocenters. The average Bonchev–Trinajstić information content (AvgIpc) is 2.35. The van der Waals surface area contributed by atoms with Crippen LogP contribution in [0.2, 0.25) is 0 Å². The van der Waals surface area contributed by atoms with Gasteiger partial charge in [0.05, 0.1) is 5.41 Å². The number of urea groups is 1. The molecule has 0 aliphatic heterocycles. The summed E-state index contributed by atoms with van der Waals surface area (Å²) in [4.78, 5) is 24.6. The third kappa shape index (κ3) is 4.77. The van der Waals surface area contributed by atoms with Crippen LogP contribution in [0.3, 0.4) is 0 Å². The molecular formula is C13H24N2O3. The van der Waals surface area contributed by atoms with Gasteiger partial charge in [-0.1, -0.05) is 19.9 Å². The van der Waals surface area contributed by atoms with Gasteiger partial charge < -0.3 is 15.3 Å². The van der Waals surface area contributed by atoms with Crippen LogP contribution in [0.4, 0.5) is 4.79 Å². The van der Waals surface area contributed by atoms with Gasteiger partial charge in [0.25, 0.3) is 0 Å². The molecule has 5 heteroatoms. The van der Waals surface area contributed by atoms with Gasteiger partial charge in [0.2, 0.25) is 0 Å². The average molecular weight is 256 g/mol. The van der Waals surface area contributed by atoms with Gasteiger partial charge in [-0.25, -0.2) is 4.79 Å². The van der Waals surface area contributed by atoms with Gasteiger partial charge in [0.15, 0.2) is 0 Å². The van der Waals surface area contributed by atoms with Crippen LogP contribution in [0.15, 0.2) is 12.7 Å². The molecule has 0 fully saturated rings. The molecule has 0 aromatic rings. The third-order valence-electron chi connectivity index (χ3n) is 3.06. The van der Waals surface area contributed by atoms with Gasteiger partial charge in [-0.3, -0.25) is 4.79 Å². The van der Waals surface area contributed by atoms with Crippen LogP contribution in [0, 0.1) is 5.41 Å². The van der Waals surface area contributed by atoms with E-state index in [1.54, 1.807) is 24.8 Å². The molecule has 0 radical (unpaired) electrons. The zero-order chi connectivity index (χ0) is 14.2. The molecular weight excluding hydrogens is 232 g/mol. The van der Waals surface area contributed by atoms with Gasteiger partial charge in [-0.15, -0.1) is 6.58 Å². The summed E-state index contributed by atoms with van der Waals surface area (Å²) in [7, 11) is 0. The smallest absolute Gasteiger partial charge is 0.317 e. The van der Waals surface area contributed by atoms with Gasteiger partial charge in [-0.2, -0.15) is 0 Å². The van der Waals surface area contributed by atoms with Crippen molar-refractivity contribution in [3.05, 3.63) is 12.7 Å². The highest BCUT2D eigenvalue weighted by Gasteiger charge is 2.31. The van der Waals surface area contributed by atoms with E-state index in [2.05, 4.69) is 11.9 Å². The van der Waals surface area contributed by atoms with Crippen molar-refractivity contribution in [2.75, 3.05) is 19.6 Å². The van der Waals surface area contributed by atoms with E-state index in [0.717, 1.165) is 6.42 Å². The highest BCUT2D eigenvalue weighted by molar-refractivity contribution is 5.78. The Balaban J connectivity index is 4.45. The Morgan fingerprint density at radius 3 is 2.44 bits per heavy atom. The SMILES string of the molecule is C=CCN(CCC)C(=O)NCC(C)(CC)C(=O)O. The summed E-state index contributed by atoms with van der Waals surface area (Å²) < 4.78 is 0. The summed E-state index contributed by atoms with van der Waals surface area (Å²) in [5, 5.41) is 11.8. The maximum Gasteiger partial charge on any atom is 0.317 e. The summed E-state index contributed by atoms with van der Waals surface area (Å²) in [6.07, 6.45) is 2.98. The van der Waals surface area contributed by atoms with Crippen molar-refractivity contribution >= 4 is 12.0 Å². The summed E-state index contributed by atoms with van der Waals surface area (Å²) in [6, 6.07) is -0.238. The topological polar surface area (TPSA) is 69.6 Å². The van der Waals surface area contributed by atoms with Crippen molar-refractivity contribution in [2.45, 2.75) is 33.6 Å². The van der Waals surface area contributed by atoms with Crippen LogP contribution in [0.5, 0.6) is 0 Å². The molecule has 0 aromatic carbocycles. The maximum atomic E-state index is 11.9. The fourth-order valence-electron chi connectivity index (χ4n) is 1.44. The number of carboxylic acid groups (broad SMARTS) is 1. The second-order valence-corrected chi connectivity index (χ2v) is 4.61. The van der Waals surface area contributed by atoms with Crippen molar-refractivity contribution in [1.82, 2.24) is 10.2 Å². The number of rotatable bonds is 8. The molecule has 0 saturated heterocycles. The van der Waals surface area contributed by atoms with E-state index in [0.29, 0.717) is 19.5 Å². The van der Waals surface area contributed by atoms with Crippen molar-refractivity contribution < 1.29 is 14.7 Å². The molecule has 2 N–H and O–H groups in total. The largest absolute Gasteiger partial charge is 0.481 e. The number of carbonyl (C=O) groups is 2. The number of nitrogens with one attached hydrogen (secondary N) is 1. The molecule has 0 aliphatic carbocycles. The highest BCUT2D eigenvalue weighted by atomic mass is 16.4. The van der Waals surface area contributed by atoms with Crippen molar-refractivity contribution in [1.29, 1.82) is 0 Å². The van der Waals surface area contributed by atoms with E-state index in [9.17, 15) is 9.59 Å². The molecule has 0 aromatic heterocycles. The zero-order valence-corrected chi connectivity index (χ0v) is 11.5. The normalized spacial score (nSPS) is 13.5. The Labute approximate surface area is 109 Å². The predicted octanol–water partition coefficient (Wildman–Crippen LogP) is 2.09. The van der Waals surface area contributed by atoms with Gasteiger partial charge >= 0.3 is 12.0 Å². The summed E-state index contributed by atoms with van der Waals surface area (Å²) in [5.74, 6) is -0.893. The lowest BCUT2D eigenvalue weighted by Gasteiger charge is -2.26. The van der Waals surface area contributed by atoms with Crippen molar-refractivity contribution in [2.24, 2.45) is 5.41 Å². The predicted molar refractivity (Wildman–Crippen MR) is 71.5 cm³/mol. The lowest BCUT2D eigenvalue weighted by Crippen LogP contribution is -2.46. The molecule has 104 valence electrons. The Kier molecular flexibility index (Phi) is 7.08. The van der Waals surface area contributed by atoms with Crippen LogP contribution < -0.4 is 5.32 Å². The van der Waals surface area contributed by atoms with Gasteiger partial charge in [0.1, 0.15) is 0 Å². The number of hydrogen-bond acceptors (Lipinski definition) is 2. The first kappa shape index (κ1) is 16.5. The first-order valence-corrected chi connectivity index (χ1v) is 6.28. The van der Waals surface area contributed by atoms with Crippen LogP contribution in [0.25, 0.3) is 0 Å². The molecule has 0 heterocycles. The summed E-state index contributed by atoms with van der Waals surface area (Å²) in [6.45, 7) is 10.3. The maximum absolute atomic E-state index is 11.9. The fraction of sp³-hybridized carbons (Fsp3) is 0.692. The van der Waals surface area contributed by atoms with Crippen molar-refractivity contribution in [3.63, 3.8) is 0 Å². The standard InChI is InChI=1S/C13H24N2O3/c1-5-8-15(9-6-2)12(18)14-10-13(4,7-3)11(16)17/h5H,1,6-10H2,2-4H3,(H,14,18)(H,16,17). The first-order chi connectivity index (χ1) is 8.41. The van der Waals surface area contributed by atoms with Gasteiger partial charge in [-0.05, 0) is 19.8 Å². The lowest BCUT2D eigenvalue weighted by molar-refractivity contribution is -0.147. The molecule has 0 saturated carbocycles. The van der Waals surface area contributed by atoms with Crippen molar-refractivity contribution in [3.8, 4) is 0 Å². The minimum absolute atomic E-state index is 0.134. The number of nitrogens with zero attached hydrogens (tertiary/aromatic N) is 1. The van der Waals surface area contributed by atoms with E-state index in [1.807, 2.05) is 6.92 Å².